The van der Waals surface area contributed by atoms with Crippen LogP contribution < -0.4 is 0 Å². The zero-order chi connectivity index (χ0) is 24.5. The Morgan fingerprint density at radius 2 is 1.32 bits per heavy atom. The smallest absolute Gasteiger partial charge is 0.192 e. The molecule has 0 aliphatic carbocycles. The van der Waals surface area contributed by atoms with Gasteiger partial charge in [0.2, 0.25) is 0 Å². The predicted octanol–water partition coefficient (Wildman–Crippen LogP) is 6.81. The molecule has 0 bridgehead atoms. The van der Waals surface area contributed by atoms with Gasteiger partial charge in [-0.1, -0.05) is 92.0 Å². The second-order valence-corrected chi connectivity index (χ2v) is 21.4. The Hall–Kier alpha value is -0.246. The van der Waals surface area contributed by atoms with E-state index >= 15 is 0 Å². The fourth-order valence-electron chi connectivity index (χ4n) is 2.45. The number of aliphatic hydroxyl groups is 2. The first-order valence-electron chi connectivity index (χ1n) is 12.0. The molecule has 184 valence electrons. The van der Waals surface area contributed by atoms with Crippen molar-refractivity contribution in [2.75, 3.05) is 6.61 Å². The van der Waals surface area contributed by atoms with Crippen LogP contribution in [0.15, 0.2) is 24.3 Å². The number of rotatable bonds is 13. The summed E-state index contributed by atoms with van der Waals surface area (Å²) in [5.41, 5.74) is 0. The van der Waals surface area contributed by atoms with Gasteiger partial charge in [-0.2, -0.15) is 0 Å². The molecule has 0 rings (SSSR count). The van der Waals surface area contributed by atoms with Crippen LogP contribution in [0.25, 0.3) is 0 Å². The lowest BCUT2D eigenvalue weighted by molar-refractivity contribution is 0.0129. The van der Waals surface area contributed by atoms with Crippen LogP contribution >= 0.6 is 0 Å². The van der Waals surface area contributed by atoms with Crippen LogP contribution in [0.4, 0.5) is 0 Å². The minimum atomic E-state index is -1.94. The van der Waals surface area contributed by atoms with E-state index in [2.05, 4.69) is 80.7 Å². The Balaban J connectivity index is 4.93. The van der Waals surface area contributed by atoms with E-state index in [-0.39, 0.29) is 22.8 Å². The lowest BCUT2D eigenvalue weighted by Crippen LogP contribution is -2.44. The second kappa shape index (κ2) is 12.8. The molecule has 0 aromatic rings. The summed E-state index contributed by atoms with van der Waals surface area (Å²) in [4.78, 5) is 0. The van der Waals surface area contributed by atoms with E-state index in [4.69, 9.17) is 8.85 Å². The van der Waals surface area contributed by atoms with Crippen molar-refractivity contribution < 1.29 is 19.1 Å². The van der Waals surface area contributed by atoms with Gasteiger partial charge in [-0.05, 0) is 42.7 Å². The van der Waals surface area contributed by atoms with Gasteiger partial charge in [0.05, 0.1) is 12.7 Å². The van der Waals surface area contributed by atoms with Gasteiger partial charge < -0.3 is 19.1 Å². The van der Waals surface area contributed by atoms with Crippen molar-refractivity contribution in [2.24, 2.45) is 0 Å². The number of unbranched alkanes of at least 4 members (excludes halogenated alkanes) is 2. The molecular formula is C25H52O4Si2. The SMILES string of the molecule is CCCCC[C@H](/C=C/C=C[C@@H](O)[C@H](O)CO[Si](C)(C)C(C)(C)C)O[Si](C)(C)C(C)(C)C. The number of hydrogen-bond acceptors (Lipinski definition) is 4. The quantitative estimate of drug-likeness (QED) is 0.175. The fraction of sp³-hybridized carbons (Fsp3) is 0.840. The maximum Gasteiger partial charge on any atom is 0.192 e. The Kier molecular flexibility index (Phi) is 12.7. The monoisotopic (exact) mass is 472 g/mol. The van der Waals surface area contributed by atoms with Gasteiger partial charge in [-0.15, -0.1) is 0 Å². The van der Waals surface area contributed by atoms with Crippen molar-refractivity contribution in [3.63, 3.8) is 0 Å². The van der Waals surface area contributed by atoms with Crippen molar-refractivity contribution in [1.82, 2.24) is 0 Å². The normalized spacial score (nSPS) is 17.5. The van der Waals surface area contributed by atoms with Gasteiger partial charge in [0.15, 0.2) is 16.6 Å². The molecule has 31 heavy (non-hydrogen) atoms. The zero-order valence-electron chi connectivity index (χ0n) is 22.3. The van der Waals surface area contributed by atoms with Crippen molar-refractivity contribution in [3.8, 4) is 0 Å². The first-order chi connectivity index (χ1) is 13.9. The predicted molar refractivity (Wildman–Crippen MR) is 140 cm³/mol. The average molecular weight is 473 g/mol. The maximum atomic E-state index is 10.3. The highest BCUT2D eigenvalue weighted by Crippen LogP contribution is 2.38. The highest BCUT2D eigenvalue weighted by atomic mass is 28.4. The van der Waals surface area contributed by atoms with Crippen LogP contribution in [-0.2, 0) is 8.85 Å². The van der Waals surface area contributed by atoms with Crippen molar-refractivity contribution in [2.45, 2.75) is 129 Å². The molecule has 0 spiro atoms. The van der Waals surface area contributed by atoms with Crippen molar-refractivity contribution in [1.29, 1.82) is 0 Å². The Morgan fingerprint density at radius 3 is 1.81 bits per heavy atom. The van der Waals surface area contributed by atoms with Crippen LogP contribution in [0, 0.1) is 0 Å². The molecule has 6 heteroatoms. The summed E-state index contributed by atoms with van der Waals surface area (Å²) in [6.45, 7) is 24.5. The van der Waals surface area contributed by atoms with Gasteiger partial charge in [-0.25, -0.2) is 0 Å². The zero-order valence-corrected chi connectivity index (χ0v) is 24.3. The van der Waals surface area contributed by atoms with Crippen molar-refractivity contribution >= 4 is 16.6 Å². The van der Waals surface area contributed by atoms with Gasteiger partial charge in [0.25, 0.3) is 0 Å². The molecule has 0 saturated heterocycles. The molecule has 0 fully saturated rings. The lowest BCUT2D eigenvalue weighted by atomic mass is 10.1. The van der Waals surface area contributed by atoms with E-state index in [0.717, 1.165) is 12.8 Å². The lowest BCUT2D eigenvalue weighted by Gasteiger charge is -2.38. The van der Waals surface area contributed by atoms with Crippen LogP contribution in [0.1, 0.15) is 74.1 Å². The molecule has 2 N–H and O–H groups in total. The van der Waals surface area contributed by atoms with E-state index in [1.807, 2.05) is 12.2 Å². The van der Waals surface area contributed by atoms with Gasteiger partial charge in [-0.3, -0.25) is 0 Å². The summed E-state index contributed by atoms with van der Waals surface area (Å²) in [5.74, 6) is 0. The minimum Gasteiger partial charge on any atom is -0.414 e. The fourth-order valence-corrected chi connectivity index (χ4v) is 4.78. The van der Waals surface area contributed by atoms with Gasteiger partial charge >= 0.3 is 0 Å². The first kappa shape index (κ1) is 30.8. The number of allylic oxidation sites excluding steroid dienone is 2. The Labute approximate surface area is 195 Å². The molecule has 0 unspecified atom stereocenters. The minimum absolute atomic E-state index is 0.0766. The molecule has 0 saturated carbocycles. The summed E-state index contributed by atoms with van der Waals surface area (Å²) in [7, 11) is -3.79. The summed E-state index contributed by atoms with van der Waals surface area (Å²) in [6, 6.07) is 0. The highest BCUT2D eigenvalue weighted by molar-refractivity contribution is 6.74. The highest BCUT2D eigenvalue weighted by Gasteiger charge is 2.39. The van der Waals surface area contributed by atoms with Crippen molar-refractivity contribution in [3.05, 3.63) is 24.3 Å². The summed E-state index contributed by atoms with van der Waals surface area (Å²) < 4.78 is 12.6. The molecule has 0 aliphatic rings. The third-order valence-corrected chi connectivity index (χ3v) is 15.9. The molecule has 0 heterocycles. The summed E-state index contributed by atoms with van der Waals surface area (Å²) >= 11 is 0. The Bertz CT molecular complexity index is 557. The molecule has 0 radical (unpaired) electrons. The van der Waals surface area contributed by atoms with Crippen LogP contribution in [0.2, 0.25) is 36.3 Å². The molecule has 0 amide bonds. The maximum absolute atomic E-state index is 10.3. The Morgan fingerprint density at radius 1 is 0.806 bits per heavy atom. The second-order valence-electron chi connectivity index (χ2n) is 11.8. The molecule has 4 nitrogen and oxygen atoms in total. The first-order valence-corrected chi connectivity index (χ1v) is 17.8. The van der Waals surface area contributed by atoms with E-state index < -0.39 is 28.8 Å². The third kappa shape index (κ3) is 11.4. The molecule has 0 aliphatic heterocycles. The van der Waals surface area contributed by atoms with Crippen LogP contribution in [-0.4, -0.2) is 51.8 Å². The van der Waals surface area contributed by atoms with E-state index in [1.165, 1.54) is 12.8 Å². The summed E-state index contributed by atoms with van der Waals surface area (Å²) in [6.07, 6.45) is 10.2. The van der Waals surface area contributed by atoms with Gasteiger partial charge in [0, 0.05) is 0 Å². The molecular weight excluding hydrogens is 420 g/mol. The van der Waals surface area contributed by atoms with E-state index in [9.17, 15) is 10.2 Å². The van der Waals surface area contributed by atoms with Crippen LogP contribution in [0.3, 0.4) is 0 Å². The average Bonchev–Trinajstić information content (AvgIpc) is 2.60. The largest absolute Gasteiger partial charge is 0.414 e. The van der Waals surface area contributed by atoms with Gasteiger partial charge in [0.1, 0.15) is 12.2 Å². The van der Waals surface area contributed by atoms with Crippen LogP contribution in [0.5, 0.6) is 0 Å². The standard InChI is InChI=1S/C25H52O4Si2/c1-12-13-14-17-21(29-31(10,11)25(5,6)7)18-15-16-19-22(26)23(27)20-28-30(8,9)24(2,3)4/h15-16,18-19,21-23,26-27H,12-14,17,20H2,1-11H3/b18-15+,19-16?/t21-,22-,23-/m1/s1. The molecule has 0 aromatic carbocycles. The third-order valence-electron chi connectivity index (χ3n) is 6.90. The number of hydrogen-bond donors (Lipinski definition) is 2. The molecule has 0 aromatic heterocycles. The van der Waals surface area contributed by atoms with E-state index in [1.54, 1.807) is 6.08 Å². The topological polar surface area (TPSA) is 58.9 Å². The number of aliphatic hydroxyl groups excluding tert-OH is 2. The summed E-state index contributed by atoms with van der Waals surface area (Å²) in [5, 5.41) is 20.8. The van der Waals surface area contributed by atoms with E-state index in [0.29, 0.717) is 0 Å². The molecule has 3 atom stereocenters.